The Labute approximate surface area is 126 Å². The molecule has 5 nitrogen and oxygen atoms in total. The van der Waals surface area contributed by atoms with Gasteiger partial charge in [-0.3, -0.25) is 4.79 Å². The Morgan fingerprint density at radius 3 is 2.90 bits per heavy atom. The van der Waals surface area contributed by atoms with Gasteiger partial charge >= 0.3 is 0 Å². The van der Waals surface area contributed by atoms with Crippen molar-refractivity contribution in [3.8, 4) is 0 Å². The maximum absolute atomic E-state index is 12.1. The lowest BCUT2D eigenvalue weighted by molar-refractivity contribution is -0.115. The number of nitrogen functional groups attached to an aromatic ring is 1. The highest BCUT2D eigenvalue weighted by Crippen LogP contribution is 2.25. The Morgan fingerprint density at radius 2 is 2.25 bits per heavy atom. The highest BCUT2D eigenvalue weighted by molar-refractivity contribution is 8.00. The number of amides is 1. The summed E-state index contributed by atoms with van der Waals surface area (Å²) in [6.45, 7) is 1.80. The number of halogens is 1. The van der Waals surface area contributed by atoms with Crippen LogP contribution in [0.25, 0.3) is 0 Å². The van der Waals surface area contributed by atoms with E-state index < -0.39 is 0 Å². The molecule has 0 fully saturated rings. The molecule has 20 heavy (non-hydrogen) atoms. The molecule has 0 aliphatic rings. The van der Waals surface area contributed by atoms with Gasteiger partial charge in [-0.2, -0.15) is 0 Å². The van der Waals surface area contributed by atoms with Crippen molar-refractivity contribution in [3.05, 3.63) is 41.8 Å². The van der Waals surface area contributed by atoms with Crippen LogP contribution in [-0.2, 0) is 4.79 Å². The molecule has 0 bridgehead atoms. The van der Waals surface area contributed by atoms with Crippen LogP contribution in [0.2, 0.25) is 5.02 Å². The average molecular weight is 309 g/mol. The number of benzene rings is 1. The molecule has 0 aliphatic heterocycles. The van der Waals surface area contributed by atoms with Crippen LogP contribution < -0.4 is 11.1 Å². The van der Waals surface area contributed by atoms with E-state index in [1.807, 2.05) is 0 Å². The molecule has 1 amide bonds. The van der Waals surface area contributed by atoms with Gasteiger partial charge in [-0.25, -0.2) is 9.97 Å². The van der Waals surface area contributed by atoms with Gasteiger partial charge in [0, 0.05) is 11.2 Å². The first kappa shape index (κ1) is 14.6. The van der Waals surface area contributed by atoms with E-state index >= 15 is 0 Å². The lowest BCUT2D eigenvalue weighted by atomic mass is 10.2. The van der Waals surface area contributed by atoms with Crippen LogP contribution >= 0.6 is 23.4 Å². The summed E-state index contributed by atoms with van der Waals surface area (Å²) in [6.07, 6.45) is 3.08. The van der Waals surface area contributed by atoms with E-state index in [0.29, 0.717) is 16.4 Å². The van der Waals surface area contributed by atoms with Crippen molar-refractivity contribution >= 4 is 40.6 Å². The molecule has 1 atom stereocenters. The fraction of sp³-hybridized carbons (Fsp3) is 0.154. The molecule has 0 saturated carbocycles. The minimum absolute atomic E-state index is 0.150. The number of thioether (sulfide) groups is 1. The van der Waals surface area contributed by atoms with E-state index in [4.69, 9.17) is 17.3 Å². The summed E-state index contributed by atoms with van der Waals surface area (Å²) in [4.78, 5) is 20.0. The number of aromatic nitrogens is 2. The number of carbonyl (C=O) groups is 1. The minimum Gasteiger partial charge on any atom is -0.397 e. The van der Waals surface area contributed by atoms with Gasteiger partial charge < -0.3 is 11.1 Å². The van der Waals surface area contributed by atoms with Crippen molar-refractivity contribution in [2.45, 2.75) is 17.2 Å². The number of nitrogens with zero attached hydrogens (tertiary/aromatic N) is 2. The molecule has 2 rings (SSSR count). The number of anilines is 2. The molecule has 0 spiro atoms. The fourth-order valence-electron chi connectivity index (χ4n) is 1.46. The number of hydrogen-bond donors (Lipinski definition) is 2. The smallest absolute Gasteiger partial charge is 0.237 e. The van der Waals surface area contributed by atoms with E-state index in [9.17, 15) is 4.79 Å². The third-order valence-electron chi connectivity index (χ3n) is 2.49. The van der Waals surface area contributed by atoms with Crippen molar-refractivity contribution in [1.29, 1.82) is 0 Å². The van der Waals surface area contributed by atoms with Crippen molar-refractivity contribution in [3.63, 3.8) is 0 Å². The van der Waals surface area contributed by atoms with Gasteiger partial charge in [-0.1, -0.05) is 23.4 Å². The molecule has 7 heteroatoms. The number of nitrogens with one attached hydrogen (secondary N) is 1. The monoisotopic (exact) mass is 308 g/mol. The van der Waals surface area contributed by atoms with E-state index in [2.05, 4.69) is 15.3 Å². The van der Waals surface area contributed by atoms with Gasteiger partial charge in [0.2, 0.25) is 5.91 Å². The average Bonchev–Trinajstić information content (AvgIpc) is 2.43. The molecule has 1 unspecified atom stereocenters. The molecule has 0 saturated heterocycles. The summed E-state index contributed by atoms with van der Waals surface area (Å²) in [5, 5.41) is 3.74. The normalized spacial score (nSPS) is 11.9. The quantitative estimate of drug-likeness (QED) is 0.516. The van der Waals surface area contributed by atoms with Gasteiger partial charge in [-0.05, 0) is 31.2 Å². The third kappa shape index (κ3) is 3.85. The van der Waals surface area contributed by atoms with Crippen molar-refractivity contribution in [2.75, 3.05) is 11.1 Å². The summed E-state index contributed by atoms with van der Waals surface area (Å²) >= 11 is 7.16. The summed E-state index contributed by atoms with van der Waals surface area (Å²) < 4.78 is 0. The first-order valence-electron chi connectivity index (χ1n) is 5.85. The summed E-state index contributed by atoms with van der Waals surface area (Å²) in [6, 6.07) is 6.71. The van der Waals surface area contributed by atoms with Crippen molar-refractivity contribution in [2.24, 2.45) is 0 Å². The van der Waals surface area contributed by atoms with Crippen LogP contribution in [0.15, 0.2) is 41.8 Å². The van der Waals surface area contributed by atoms with Gasteiger partial charge in [0.05, 0.1) is 16.6 Å². The Hall–Kier alpha value is -1.79. The molecule has 0 radical (unpaired) electrons. The number of nitrogens with two attached hydrogens (primary N) is 1. The predicted molar refractivity (Wildman–Crippen MR) is 81.8 cm³/mol. The number of hydrogen-bond acceptors (Lipinski definition) is 5. The van der Waals surface area contributed by atoms with Crippen LogP contribution in [0.4, 0.5) is 11.4 Å². The number of rotatable bonds is 4. The van der Waals surface area contributed by atoms with Crippen molar-refractivity contribution in [1.82, 2.24) is 9.97 Å². The maximum atomic E-state index is 12.1. The van der Waals surface area contributed by atoms with Crippen LogP contribution in [0.3, 0.4) is 0 Å². The molecule has 3 N–H and O–H groups in total. The predicted octanol–water partition coefficient (Wildman–Crippen LogP) is 2.83. The Morgan fingerprint density at radius 1 is 1.45 bits per heavy atom. The lowest BCUT2D eigenvalue weighted by Gasteiger charge is -2.13. The lowest BCUT2D eigenvalue weighted by Crippen LogP contribution is -2.23. The van der Waals surface area contributed by atoms with Crippen LogP contribution in [0.5, 0.6) is 0 Å². The second-order valence-corrected chi connectivity index (χ2v) is 5.83. The molecular weight excluding hydrogens is 296 g/mol. The fourth-order valence-corrected chi connectivity index (χ4v) is 2.42. The zero-order valence-electron chi connectivity index (χ0n) is 10.7. The van der Waals surface area contributed by atoms with Gasteiger partial charge in [0.25, 0.3) is 0 Å². The van der Waals surface area contributed by atoms with Crippen LogP contribution in [0.1, 0.15) is 6.92 Å². The van der Waals surface area contributed by atoms with Gasteiger partial charge in [-0.15, -0.1) is 0 Å². The van der Waals surface area contributed by atoms with Crippen LogP contribution in [-0.4, -0.2) is 21.1 Å². The second-order valence-electron chi connectivity index (χ2n) is 4.03. The topological polar surface area (TPSA) is 80.9 Å². The first-order chi connectivity index (χ1) is 9.56. The second kappa shape index (κ2) is 6.58. The summed E-state index contributed by atoms with van der Waals surface area (Å²) in [5.74, 6) is -0.150. The third-order valence-corrected chi connectivity index (χ3v) is 3.78. The number of carbonyl (C=O) groups excluding carboxylic acids is 1. The highest BCUT2D eigenvalue weighted by Gasteiger charge is 2.16. The van der Waals surface area contributed by atoms with Crippen LogP contribution in [0, 0.1) is 0 Å². The van der Waals surface area contributed by atoms with E-state index in [1.165, 1.54) is 18.1 Å². The SMILES string of the molecule is CC(Sc1ccncn1)C(=O)Nc1ccc(Cl)cc1N. The molecule has 104 valence electrons. The first-order valence-corrected chi connectivity index (χ1v) is 7.10. The molecule has 0 aliphatic carbocycles. The molecule has 2 aromatic rings. The molecule has 1 heterocycles. The van der Waals surface area contributed by atoms with E-state index in [-0.39, 0.29) is 11.2 Å². The van der Waals surface area contributed by atoms with Gasteiger partial charge in [0.1, 0.15) is 11.4 Å². The molecule has 1 aromatic carbocycles. The maximum Gasteiger partial charge on any atom is 0.237 e. The van der Waals surface area contributed by atoms with E-state index in [0.717, 1.165) is 5.03 Å². The highest BCUT2D eigenvalue weighted by atomic mass is 35.5. The Balaban J connectivity index is 2.01. The largest absolute Gasteiger partial charge is 0.397 e. The summed E-state index contributed by atoms with van der Waals surface area (Å²) in [7, 11) is 0. The zero-order valence-corrected chi connectivity index (χ0v) is 12.3. The molecular formula is C13H13ClN4OS. The zero-order chi connectivity index (χ0) is 14.5. The van der Waals surface area contributed by atoms with E-state index in [1.54, 1.807) is 37.4 Å². The van der Waals surface area contributed by atoms with Gasteiger partial charge in [0.15, 0.2) is 0 Å². The summed E-state index contributed by atoms with van der Waals surface area (Å²) in [5.41, 5.74) is 6.78. The Kier molecular flexibility index (Phi) is 4.81. The van der Waals surface area contributed by atoms with Crippen molar-refractivity contribution < 1.29 is 4.79 Å². The molecule has 1 aromatic heterocycles. The Bertz CT molecular complexity index is 609. The minimum atomic E-state index is -0.306. The standard InChI is InChI=1S/C13H13ClN4OS/c1-8(20-12-4-5-16-7-17-12)13(19)18-11-3-2-9(14)6-10(11)15/h2-8H,15H2,1H3,(H,18,19).